The predicted molar refractivity (Wildman–Crippen MR) is 70.6 cm³/mol. The number of hydrogen-bond donors (Lipinski definition) is 1. The molecule has 0 heterocycles. The first-order chi connectivity index (χ1) is 8.00. The summed E-state index contributed by atoms with van der Waals surface area (Å²) in [6.07, 6.45) is 3.05. The van der Waals surface area contributed by atoms with Crippen LogP contribution in [-0.2, 0) is 4.79 Å². The Hall–Kier alpha value is -2.09. The minimum atomic E-state index is -0.949. The van der Waals surface area contributed by atoms with Gasteiger partial charge in [-0.3, -0.25) is 0 Å². The summed E-state index contributed by atoms with van der Waals surface area (Å²) in [6, 6.07) is 9.44. The van der Waals surface area contributed by atoms with Gasteiger partial charge >= 0.3 is 5.97 Å². The molecule has 0 aliphatic carbocycles. The Morgan fingerprint density at radius 3 is 2.24 bits per heavy atom. The number of aliphatic carboxylic acids is 1. The van der Waals surface area contributed by atoms with E-state index in [1.165, 1.54) is 6.08 Å². The smallest absolute Gasteiger partial charge is 0.328 e. The lowest BCUT2D eigenvalue weighted by Gasteiger charge is -2.04. The van der Waals surface area contributed by atoms with Crippen molar-refractivity contribution in [3.63, 3.8) is 0 Å². The number of carboxylic acid groups (broad SMARTS) is 1. The molecule has 1 aromatic rings. The molecule has 17 heavy (non-hydrogen) atoms. The van der Waals surface area contributed by atoms with Crippen LogP contribution in [0.3, 0.4) is 0 Å². The van der Waals surface area contributed by atoms with Crippen molar-refractivity contribution in [3.05, 3.63) is 65.8 Å². The third kappa shape index (κ3) is 4.11. The lowest BCUT2D eigenvalue weighted by atomic mass is 10.0. The molecule has 0 amide bonds. The first kappa shape index (κ1) is 13.0. The average molecular weight is 228 g/mol. The van der Waals surface area contributed by atoms with Gasteiger partial charge in [0.15, 0.2) is 0 Å². The maximum atomic E-state index is 10.8. The van der Waals surface area contributed by atoms with Gasteiger partial charge in [0.25, 0.3) is 0 Å². The first-order valence-electron chi connectivity index (χ1n) is 5.35. The topological polar surface area (TPSA) is 37.3 Å². The molecule has 2 nitrogen and oxygen atoms in total. The molecule has 1 aromatic carbocycles. The Labute approximate surface area is 102 Å². The Balaban J connectivity index is 3.20. The number of rotatable bonds is 4. The van der Waals surface area contributed by atoms with Crippen molar-refractivity contribution in [2.75, 3.05) is 0 Å². The van der Waals surface area contributed by atoms with Crippen LogP contribution in [0, 0.1) is 0 Å². The predicted octanol–water partition coefficient (Wildman–Crippen LogP) is 3.68. The number of hydrogen-bond acceptors (Lipinski definition) is 1. The lowest BCUT2D eigenvalue weighted by molar-refractivity contribution is -0.131. The molecule has 0 fully saturated rings. The summed E-state index contributed by atoms with van der Waals surface area (Å²) in [5, 5.41) is 8.87. The zero-order valence-electron chi connectivity index (χ0n) is 10.1. The van der Waals surface area contributed by atoms with Crippen LogP contribution in [-0.4, -0.2) is 11.1 Å². The Morgan fingerprint density at radius 2 is 1.76 bits per heavy atom. The van der Waals surface area contributed by atoms with E-state index >= 15 is 0 Å². The van der Waals surface area contributed by atoms with Crippen molar-refractivity contribution in [2.45, 2.75) is 13.8 Å². The number of carbonyl (C=O) groups is 1. The van der Waals surface area contributed by atoms with Gasteiger partial charge in [-0.1, -0.05) is 48.6 Å². The Bertz CT molecular complexity index is 479. The molecule has 0 radical (unpaired) electrons. The van der Waals surface area contributed by atoms with Crippen molar-refractivity contribution in [1.29, 1.82) is 0 Å². The van der Waals surface area contributed by atoms with Crippen LogP contribution in [0.15, 0.2) is 60.2 Å². The maximum Gasteiger partial charge on any atom is 0.328 e. The lowest BCUT2D eigenvalue weighted by Crippen LogP contribution is -1.92. The molecule has 0 spiro atoms. The normalized spacial score (nSPS) is 12.4. The molecule has 0 aliphatic rings. The molecule has 0 aliphatic heterocycles. The molecule has 0 atom stereocenters. The monoisotopic (exact) mass is 228 g/mol. The minimum Gasteiger partial charge on any atom is -0.478 e. The SMILES string of the molecule is C=C(C)C(C)=CC(=CC(=O)O)c1ccccc1. The van der Waals surface area contributed by atoms with Gasteiger partial charge in [0.1, 0.15) is 0 Å². The van der Waals surface area contributed by atoms with E-state index in [1.807, 2.05) is 50.3 Å². The maximum absolute atomic E-state index is 10.8. The number of benzene rings is 1. The zero-order valence-corrected chi connectivity index (χ0v) is 10.1. The van der Waals surface area contributed by atoms with E-state index in [0.717, 1.165) is 16.7 Å². The third-order valence-electron chi connectivity index (χ3n) is 2.43. The van der Waals surface area contributed by atoms with E-state index < -0.39 is 5.97 Å². The van der Waals surface area contributed by atoms with Gasteiger partial charge in [-0.2, -0.15) is 0 Å². The summed E-state index contributed by atoms with van der Waals surface area (Å²) in [6.45, 7) is 7.65. The van der Waals surface area contributed by atoms with Crippen LogP contribution in [0.4, 0.5) is 0 Å². The molecule has 0 unspecified atom stereocenters. The van der Waals surface area contributed by atoms with E-state index in [9.17, 15) is 4.79 Å². The highest BCUT2D eigenvalue weighted by molar-refractivity contribution is 5.93. The number of carboxylic acids is 1. The molecule has 1 N–H and O–H groups in total. The summed E-state index contributed by atoms with van der Waals surface area (Å²) >= 11 is 0. The van der Waals surface area contributed by atoms with Gasteiger partial charge < -0.3 is 5.11 Å². The highest BCUT2D eigenvalue weighted by atomic mass is 16.4. The van der Waals surface area contributed by atoms with E-state index in [2.05, 4.69) is 6.58 Å². The quantitative estimate of drug-likeness (QED) is 0.630. The summed E-state index contributed by atoms with van der Waals surface area (Å²) in [5.74, 6) is -0.949. The van der Waals surface area contributed by atoms with Crippen molar-refractivity contribution in [3.8, 4) is 0 Å². The Morgan fingerprint density at radius 1 is 1.18 bits per heavy atom. The molecule has 2 heteroatoms. The highest BCUT2D eigenvalue weighted by Gasteiger charge is 2.02. The van der Waals surface area contributed by atoms with Gasteiger partial charge in [0.2, 0.25) is 0 Å². The molecular formula is C15H16O2. The number of allylic oxidation sites excluding steroid dienone is 4. The fraction of sp³-hybridized carbons (Fsp3) is 0.133. The van der Waals surface area contributed by atoms with E-state index in [1.54, 1.807) is 0 Å². The van der Waals surface area contributed by atoms with Gasteiger partial charge in [0, 0.05) is 6.08 Å². The van der Waals surface area contributed by atoms with Crippen molar-refractivity contribution < 1.29 is 9.90 Å². The van der Waals surface area contributed by atoms with Crippen LogP contribution in [0.25, 0.3) is 5.57 Å². The van der Waals surface area contributed by atoms with Gasteiger partial charge in [-0.15, -0.1) is 0 Å². The summed E-state index contributed by atoms with van der Waals surface area (Å²) in [5.41, 5.74) is 3.47. The first-order valence-corrected chi connectivity index (χ1v) is 5.35. The summed E-state index contributed by atoms with van der Waals surface area (Å²) in [4.78, 5) is 10.8. The van der Waals surface area contributed by atoms with Crippen molar-refractivity contribution >= 4 is 11.5 Å². The zero-order chi connectivity index (χ0) is 12.8. The van der Waals surface area contributed by atoms with Crippen LogP contribution in [0.2, 0.25) is 0 Å². The molecular weight excluding hydrogens is 212 g/mol. The molecule has 1 rings (SSSR count). The van der Waals surface area contributed by atoms with E-state index in [0.29, 0.717) is 5.57 Å². The average Bonchev–Trinajstić information content (AvgIpc) is 2.28. The molecule has 88 valence electrons. The Kier molecular flexibility index (Phi) is 4.46. The van der Waals surface area contributed by atoms with Gasteiger partial charge in [0.05, 0.1) is 0 Å². The second kappa shape index (κ2) is 5.85. The summed E-state index contributed by atoms with van der Waals surface area (Å²) in [7, 11) is 0. The van der Waals surface area contributed by atoms with E-state index in [-0.39, 0.29) is 0 Å². The van der Waals surface area contributed by atoms with Crippen LogP contribution in [0.5, 0.6) is 0 Å². The minimum absolute atomic E-state index is 0.679. The molecule has 0 saturated carbocycles. The van der Waals surface area contributed by atoms with Gasteiger partial charge in [-0.05, 0) is 30.6 Å². The molecule has 0 saturated heterocycles. The van der Waals surface area contributed by atoms with Gasteiger partial charge in [-0.25, -0.2) is 4.79 Å². The second-order valence-corrected chi connectivity index (χ2v) is 3.91. The third-order valence-corrected chi connectivity index (χ3v) is 2.43. The standard InChI is InChI=1S/C15H16O2/c1-11(2)12(3)9-14(10-15(16)17)13-7-5-4-6-8-13/h4-10H,1H2,2-3H3,(H,16,17). The fourth-order valence-corrected chi connectivity index (χ4v) is 1.33. The fourth-order valence-electron chi connectivity index (χ4n) is 1.33. The van der Waals surface area contributed by atoms with E-state index in [4.69, 9.17) is 5.11 Å². The largest absolute Gasteiger partial charge is 0.478 e. The van der Waals surface area contributed by atoms with Crippen molar-refractivity contribution in [2.24, 2.45) is 0 Å². The molecule has 0 aromatic heterocycles. The second-order valence-electron chi connectivity index (χ2n) is 3.91. The van der Waals surface area contributed by atoms with Crippen molar-refractivity contribution in [1.82, 2.24) is 0 Å². The summed E-state index contributed by atoms with van der Waals surface area (Å²) < 4.78 is 0. The molecule has 0 bridgehead atoms. The van der Waals surface area contributed by atoms with Crippen LogP contribution >= 0.6 is 0 Å². The van der Waals surface area contributed by atoms with Crippen LogP contribution in [0.1, 0.15) is 19.4 Å². The van der Waals surface area contributed by atoms with Crippen LogP contribution < -0.4 is 0 Å². The highest BCUT2D eigenvalue weighted by Crippen LogP contribution is 2.19.